The number of ether oxygens (including phenoxy) is 1. The lowest BCUT2D eigenvalue weighted by atomic mass is 10.0. The first kappa shape index (κ1) is 22.6. The molecule has 0 fully saturated rings. The predicted octanol–water partition coefficient (Wildman–Crippen LogP) is 0.461. The molecule has 1 aromatic rings. The van der Waals surface area contributed by atoms with Gasteiger partial charge < -0.3 is 20.3 Å². The quantitative estimate of drug-likeness (QED) is 0.545. The lowest BCUT2D eigenvalue weighted by Crippen LogP contribution is -3.11. The van der Waals surface area contributed by atoms with Gasteiger partial charge in [0.1, 0.15) is 6.04 Å². The molecule has 27 heavy (non-hydrogen) atoms. The van der Waals surface area contributed by atoms with E-state index >= 15 is 0 Å². The molecule has 1 aromatic carbocycles. The number of carbonyl (C=O) groups is 3. The van der Waals surface area contributed by atoms with Crippen LogP contribution in [0.15, 0.2) is 18.2 Å². The zero-order chi connectivity index (χ0) is 20.6. The maximum absolute atomic E-state index is 12.3. The zero-order valence-electron chi connectivity index (χ0n) is 17.1. The van der Waals surface area contributed by atoms with Gasteiger partial charge in [0.2, 0.25) is 0 Å². The molecule has 0 spiro atoms. The monoisotopic (exact) mass is 378 g/mol. The number of nitrogens with one attached hydrogen (secondary N) is 3. The van der Waals surface area contributed by atoms with E-state index in [9.17, 15) is 14.4 Å². The van der Waals surface area contributed by atoms with Gasteiger partial charge in [-0.25, -0.2) is 4.79 Å². The number of aryl methyl sites for hydroxylation is 2. The summed E-state index contributed by atoms with van der Waals surface area (Å²) in [5.41, 5.74) is 2.80. The van der Waals surface area contributed by atoms with E-state index in [4.69, 9.17) is 4.74 Å². The molecule has 0 aliphatic carbocycles. The molecule has 150 valence electrons. The van der Waals surface area contributed by atoms with Crippen molar-refractivity contribution in [3.05, 3.63) is 29.3 Å². The van der Waals surface area contributed by atoms with Gasteiger partial charge in [-0.2, -0.15) is 0 Å². The van der Waals surface area contributed by atoms with Crippen LogP contribution in [0.25, 0.3) is 0 Å². The van der Waals surface area contributed by atoms with Crippen LogP contribution in [0.1, 0.15) is 31.4 Å². The molecular formula is C20H32N3O4+. The standard InChI is InChI=1S/C20H31N3O4/c1-13(2)10-16(20(26)27-6)21-17(24)11-23(5)12-18(25)22-19-14(3)8-7-9-15(19)4/h7-9,13,16H,10-12H2,1-6H3,(H,21,24)(H,22,25)/p+1/t16-/m0/s1. The number of esters is 1. The SMILES string of the molecule is COC(=O)[C@H](CC(C)C)NC(=O)C[NH+](C)CC(=O)Nc1c(C)cccc1C. The smallest absolute Gasteiger partial charge is 0.328 e. The van der Waals surface area contributed by atoms with Crippen molar-refractivity contribution in [2.24, 2.45) is 5.92 Å². The van der Waals surface area contributed by atoms with Gasteiger partial charge in [0, 0.05) is 5.69 Å². The molecule has 1 rings (SSSR count). The van der Waals surface area contributed by atoms with Crippen molar-refractivity contribution in [1.29, 1.82) is 0 Å². The Morgan fingerprint density at radius 1 is 1.07 bits per heavy atom. The molecule has 2 atom stereocenters. The first-order valence-corrected chi connectivity index (χ1v) is 9.18. The molecule has 1 unspecified atom stereocenters. The number of amides is 2. The molecule has 0 radical (unpaired) electrons. The average Bonchev–Trinajstić information content (AvgIpc) is 2.56. The van der Waals surface area contributed by atoms with Crippen LogP contribution >= 0.6 is 0 Å². The molecule has 0 saturated carbocycles. The van der Waals surface area contributed by atoms with Crippen LogP contribution in [0.4, 0.5) is 5.69 Å². The number of hydrogen-bond donors (Lipinski definition) is 3. The van der Waals surface area contributed by atoms with Gasteiger partial charge in [-0.1, -0.05) is 32.0 Å². The van der Waals surface area contributed by atoms with Crippen LogP contribution in [0.3, 0.4) is 0 Å². The third-order valence-electron chi connectivity index (χ3n) is 4.20. The van der Waals surface area contributed by atoms with Crippen molar-refractivity contribution in [2.75, 3.05) is 32.6 Å². The van der Waals surface area contributed by atoms with Crippen LogP contribution in [0.5, 0.6) is 0 Å². The van der Waals surface area contributed by atoms with Crippen molar-refractivity contribution in [2.45, 2.75) is 40.2 Å². The van der Waals surface area contributed by atoms with E-state index in [1.165, 1.54) is 7.11 Å². The molecule has 7 heteroatoms. The van der Waals surface area contributed by atoms with E-state index in [1.807, 2.05) is 45.9 Å². The van der Waals surface area contributed by atoms with Gasteiger partial charge in [0.05, 0.1) is 14.2 Å². The van der Waals surface area contributed by atoms with Crippen molar-refractivity contribution in [1.82, 2.24) is 5.32 Å². The summed E-state index contributed by atoms with van der Waals surface area (Å²) < 4.78 is 4.75. The van der Waals surface area contributed by atoms with E-state index in [1.54, 1.807) is 7.05 Å². The van der Waals surface area contributed by atoms with Gasteiger partial charge >= 0.3 is 5.97 Å². The Labute approximate surface area is 161 Å². The Balaban J connectivity index is 2.57. The minimum atomic E-state index is -0.668. The summed E-state index contributed by atoms with van der Waals surface area (Å²) in [5.74, 6) is -0.669. The molecule has 2 amide bonds. The highest BCUT2D eigenvalue weighted by molar-refractivity contribution is 5.93. The minimum Gasteiger partial charge on any atom is -0.467 e. The summed E-state index contributed by atoms with van der Waals surface area (Å²) in [6, 6.07) is 5.15. The summed E-state index contributed by atoms with van der Waals surface area (Å²) in [6.45, 7) is 8.05. The second kappa shape index (κ2) is 10.7. The fourth-order valence-electron chi connectivity index (χ4n) is 2.88. The first-order chi connectivity index (χ1) is 12.6. The van der Waals surface area contributed by atoms with E-state index in [-0.39, 0.29) is 30.8 Å². The summed E-state index contributed by atoms with van der Waals surface area (Å²) in [4.78, 5) is 37.1. The Morgan fingerprint density at radius 3 is 2.15 bits per heavy atom. The maximum atomic E-state index is 12.3. The van der Waals surface area contributed by atoms with E-state index in [0.717, 1.165) is 21.7 Å². The third-order valence-corrected chi connectivity index (χ3v) is 4.20. The van der Waals surface area contributed by atoms with Crippen LogP contribution in [0.2, 0.25) is 0 Å². The number of benzene rings is 1. The summed E-state index contributed by atoms with van der Waals surface area (Å²) in [5, 5.41) is 5.62. The Bertz CT molecular complexity index is 653. The molecule has 0 aliphatic rings. The highest BCUT2D eigenvalue weighted by Crippen LogP contribution is 2.18. The zero-order valence-corrected chi connectivity index (χ0v) is 17.1. The number of para-hydroxylation sites is 1. The van der Waals surface area contributed by atoms with Crippen LogP contribution in [0, 0.1) is 19.8 Å². The largest absolute Gasteiger partial charge is 0.467 e. The van der Waals surface area contributed by atoms with Crippen LogP contribution < -0.4 is 15.5 Å². The predicted molar refractivity (Wildman–Crippen MR) is 105 cm³/mol. The Kier molecular flexibility index (Phi) is 8.94. The number of anilines is 1. The highest BCUT2D eigenvalue weighted by atomic mass is 16.5. The third kappa shape index (κ3) is 7.78. The minimum absolute atomic E-state index is 0.0891. The number of methoxy groups -OCH3 is 1. The van der Waals surface area contributed by atoms with E-state index in [2.05, 4.69) is 10.6 Å². The lowest BCUT2D eigenvalue weighted by Gasteiger charge is -2.20. The van der Waals surface area contributed by atoms with Crippen molar-refractivity contribution < 1.29 is 24.0 Å². The second-order valence-electron chi connectivity index (χ2n) is 7.40. The second-order valence-corrected chi connectivity index (χ2v) is 7.40. The Morgan fingerprint density at radius 2 is 1.63 bits per heavy atom. The summed E-state index contributed by atoms with van der Waals surface area (Å²) in [6.07, 6.45) is 0.504. The first-order valence-electron chi connectivity index (χ1n) is 9.18. The number of likely N-dealkylation sites (N-methyl/N-ethyl adjacent to an activating group) is 1. The Hall–Kier alpha value is -2.41. The topological polar surface area (TPSA) is 88.9 Å². The fourth-order valence-corrected chi connectivity index (χ4v) is 2.88. The van der Waals surface area contributed by atoms with E-state index < -0.39 is 12.0 Å². The molecule has 0 aliphatic heterocycles. The summed E-state index contributed by atoms with van der Waals surface area (Å²) in [7, 11) is 3.07. The molecule has 7 nitrogen and oxygen atoms in total. The molecule has 0 heterocycles. The fraction of sp³-hybridized carbons (Fsp3) is 0.550. The van der Waals surface area contributed by atoms with Crippen molar-refractivity contribution in [3.63, 3.8) is 0 Å². The number of hydrogen-bond acceptors (Lipinski definition) is 4. The number of quaternary nitrogens is 1. The van der Waals surface area contributed by atoms with Crippen LogP contribution in [-0.4, -0.2) is 51.1 Å². The highest BCUT2D eigenvalue weighted by Gasteiger charge is 2.24. The summed E-state index contributed by atoms with van der Waals surface area (Å²) >= 11 is 0. The maximum Gasteiger partial charge on any atom is 0.328 e. The van der Waals surface area contributed by atoms with Gasteiger partial charge in [-0.05, 0) is 37.3 Å². The van der Waals surface area contributed by atoms with Crippen LogP contribution in [-0.2, 0) is 19.1 Å². The van der Waals surface area contributed by atoms with Gasteiger partial charge in [0.15, 0.2) is 13.1 Å². The van der Waals surface area contributed by atoms with Crippen molar-refractivity contribution >= 4 is 23.5 Å². The molecule has 3 N–H and O–H groups in total. The number of rotatable bonds is 9. The molecule has 0 saturated heterocycles. The molecular weight excluding hydrogens is 346 g/mol. The number of carbonyl (C=O) groups excluding carboxylic acids is 3. The van der Waals surface area contributed by atoms with Gasteiger partial charge in [-0.3, -0.25) is 9.59 Å². The van der Waals surface area contributed by atoms with Gasteiger partial charge in [-0.15, -0.1) is 0 Å². The normalized spacial score (nSPS) is 13.0. The van der Waals surface area contributed by atoms with Gasteiger partial charge in [0.25, 0.3) is 11.8 Å². The van der Waals surface area contributed by atoms with E-state index in [0.29, 0.717) is 6.42 Å². The molecule has 0 aromatic heterocycles. The molecule has 0 bridgehead atoms. The average molecular weight is 378 g/mol. The lowest BCUT2D eigenvalue weighted by molar-refractivity contribution is -0.862. The van der Waals surface area contributed by atoms with Crippen molar-refractivity contribution in [3.8, 4) is 0 Å².